The number of thiophene rings is 1. The minimum absolute atomic E-state index is 0.0955. The second kappa shape index (κ2) is 9.59. The SMILES string of the molecule is Cc1sc2nc(CN3CCN(C(=O)/C=C/c4ccc(-c5ccccc5F)o4)CC3)[nH]c(=O)c2c1C. The van der Waals surface area contributed by atoms with Gasteiger partial charge in [-0.15, -0.1) is 11.3 Å². The van der Waals surface area contributed by atoms with E-state index in [1.54, 1.807) is 52.6 Å². The van der Waals surface area contributed by atoms with Gasteiger partial charge in [0.05, 0.1) is 17.5 Å². The number of carbonyl (C=O) groups excluding carboxylic acids is 1. The lowest BCUT2D eigenvalue weighted by Crippen LogP contribution is -2.48. The molecule has 0 saturated carbocycles. The van der Waals surface area contributed by atoms with Crippen molar-refractivity contribution >= 4 is 33.5 Å². The van der Waals surface area contributed by atoms with Crippen LogP contribution < -0.4 is 5.56 Å². The van der Waals surface area contributed by atoms with E-state index in [-0.39, 0.29) is 17.3 Å². The lowest BCUT2D eigenvalue weighted by Gasteiger charge is -2.33. The molecule has 0 aliphatic carbocycles. The van der Waals surface area contributed by atoms with E-state index in [0.29, 0.717) is 61.0 Å². The number of aryl methyl sites for hydroxylation is 2. The topological polar surface area (TPSA) is 82.4 Å². The number of fused-ring (bicyclic) bond motifs is 1. The van der Waals surface area contributed by atoms with Crippen molar-refractivity contribution in [2.24, 2.45) is 0 Å². The molecule has 9 heteroatoms. The van der Waals surface area contributed by atoms with Gasteiger partial charge in [0, 0.05) is 37.1 Å². The highest BCUT2D eigenvalue weighted by Crippen LogP contribution is 2.26. The van der Waals surface area contributed by atoms with E-state index in [2.05, 4.69) is 14.9 Å². The Hall–Kier alpha value is -3.56. The highest BCUT2D eigenvalue weighted by Gasteiger charge is 2.21. The zero-order valence-electron chi connectivity index (χ0n) is 19.5. The molecule has 1 saturated heterocycles. The molecule has 1 amide bonds. The van der Waals surface area contributed by atoms with Crippen molar-refractivity contribution in [3.05, 3.63) is 80.7 Å². The number of aromatic amines is 1. The molecule has 0 radical (unpaired) electrons. The highest BCUT2D eigenvalue weighted by atomic mass is 32.1. The number of H-pyrrole nitrogens is 1. The molecule has 4 heterocycles. The van der Waals surface area contributed by atoms with Crippen LogP contribution in [0.15, 0.2) is 51.7 Å². The Labute approximate surface area is 205 Å². The number of furan rings is 1. The third-order valence-corrected chi connectivity index (χ3v) is 7.40. The second-order valence-electron chi connectivity index (χ2n) is 8.59. The van der Waals surface area contributed by atoms with Gasteiger partial charge in [0.15, 0.2) is 0 Å². The molecular weight excluding hydrogens is 467 g/mol. The van der Waals surface area contributed by atoms with E-state index < -0.39 is 0 Å². The van der Waals surface area contributed by atoms with Crippen LogP contribution in [0.5, 0.6) is 0 Å². The maximum atomic E-state index is 14.0. The van der Waals surface area contributed by atoms with E-state index in [4.69, 9.17) is 4.42 Å². The van der Waals surface area contributed by atoms with Gasteiger partial charge in [-0.1, -0.05) is 12.1 Å². The van der Waals surface area contributed by atoms with E-state index in [0.717, 1.165) is 15.3 Å². The fraction of sp³-hybridized carbons (Fsp3) is 0.269. The number of rotatable bonds is 5. The number of benzene rings is 1. The Morgan fingerprint density at radius 2 is 1.94 bits per heavy atom. The standard InChI is InChI=1S/C26H25FN4O3S/c1-16-17(2)35-26-24(16)25(33)28-22(29-26)15-30-11-13-31(14-12-30)23(32)10-8-18-7-9-21(34-18)19-5-3-4-6-20(19)27/h3-10H,11-15H2,1-2H3,(H,28,29,33)/b10-8+. The van der Waals surface area contributed by atoms with Crippen LogP contribution in [-0.4, -0.2) is 51.9 Å². The molecule has 5 rings (SSSR count). The van der Waals surface area contributed by atoms with Crippen LogP contribution >= 0.6 is 11.3 Å². The molecule has 3 aromatic heterocycles. The first-order valence-corrected chi connectivity index (χ1v) is 12.2. The Morgan fingerprint density at radius 1 is 1.17 bits per heavy atom. The summed E-state index contributed by atoms with van der Waals surface area (Å²) in [6, 6.07) is 9.81. The second-order valence-corrected chi connectivity index (χ2v) is 9.80. The van der Waals surface area contributed by atoms with E-state index in [1.165, 1.54) is 12.1 Å². The fourth-order valence-corrected chi connectivity index (χ4v) is 5.27. The molecule has 0 spiro atoms. The van der Waals surface area contributed by atoms with E-state index in [1.807, 2.05) is 13.8 Å². The van der Waals surface area contributed by atoms with Crippen LogP contribution in [0.3, 0.4) is 0 Å². The van der Waals surface area contributed by atoms with Gasteiger partial charge in [-0.25, -0.2) is 9.37 Å². The van der Waals surface area contributed by atoms with Crippen molar-refractivity contribution in [1.82, 2.24) is 19.8 Å². The number of nitrogens with one attached hydrogen (secondary N) is 1. The van der Waals surface area contributed by atoms with E-state index in [9.17, 15) is 14.0 Å². The van der Waals surface area contributed by atoms with Gasteiger partial charge < -0.3 is 14.3 Å². The summed E-state index contributed by atoms with van der Waals surface area (Å²) in [6.07, 6.45) is 3.09. The number of hydrogen-bond donors (Lipinski definition) is 1. The van der Waals surface area contributed by atoms with Gasteiger partial charge in [-0.3, -0.25) is 14.5 Å². The molecule has 0 unspecified atom stereocenters. The van der Waals surface area contributed by atoms with Crippen molar-refractivity contribution in [2.75, 3.05) is 26.2 Å². The normalized spacial score (nSPS) is 14.9. The molecule has 180 valence electrons. The molecule has 0 bridgehead atoms. The molecular formula is C26H25FN4O3S. The van der Waals surface area contributed by atoms with Crippen molar-refractivity contribution in [3.8, 4) is 11.3 Å². The number of nitrogens with zero attached hydrogens (tertiary/aromatic N) is 3. The van der Waals surface area contributed by atoms with Gasteiger partial charge >= 0.3 is 0 Å². The lowest BCUT2D eigenvalue weighted by atomic mass is 10.1. The van der Waals surface area contributed by atoms with Gasteiger partial charge in [-0.05, 0) is 49.8 Å². The molecule has 1 aliphatic rings. The Morgan fingerprint density at radius 3 is 2.71 bits per heavy atom. The van der Waals surface area contributed by atoms with E-state index >= 15 is 0 Å². The molecule has 0 atom stereocenters. The number of hydrogen-bond acceptors (Lipinski definition) is 6. The first-order chi connectivity index (χ1) is 16.9. The summed E-state index contributed by atoms with van der Waals surface area (Å²) in [5.74, 6) is 1.09. The summed E-state index contributed by atoms with van der Waals surface area (Å²) in [7, 11) is 0. The van der Waals surface area contributed by atoms with Crippen molar-refractivity contribution in [2.45, 2.75) is 20.4 Å². The number of halogens is 1. The molecule has 1 N–H and O–H groups in total. The van der Waals surface area contributed by atoms with Crippen LogP contribution in [0.4, 0.5) is 4.39 Å². The summed E-state index contributed by atoms with van der Waals surface area (Å²) in [5, 5.41) is 0.677. The average Bonchev–Trinajstić information content (AvgIpc) is 3.42. The van der Waals surface area contributed by atoms with Crippen LogP contribution in [-0.2, 0) is 11.3 Å². The van der Waals surface area contributed by atoms with Crippen molar-refractivity contribution in [3.63, 3.8) is 0 Å². The third-order valence-electron chi connectivity index (χ3n) is 6.30. The number of carbonyl (C=O) groups is 1. The Bertz CT molecular complexity index is 1480. The Kier molecular flexibility index (Phi) is 6.36. The molecule has 35 heavy (non-hydrogen) atoms. The summed E-state index contributed by atoms with van der Waals surface area (Å²) in [6.45, 7) is 6.99. The maximum Gasteiger partial charge on any atom is 0.259 e. The molecule has 1 aromatic carbocycles. The molecule has 7 nitrogen and oxygen atoms in total. The fourth-order valence-electron chi connectivity index (χ4n) is 4.22. The average molecular weight is 493 g/mol. The van der Waals surface area contributed by atoms with Gasteiger partial charge in [-0.2, -0.15) is 0 Å². The minimum atomic E-state index is -0.355. The van der Waals surface area contributed by atoms with Crippen LogP contribution in [0.2, 0.25) is 0 Å². The number of aromatic nitrogens is 2. The molecule has 4 aromatic rings. The maximum absolute atomic E-state index is 14.0. The van der Waals surface area contributed by atoms with Gasteiger partial charge in [0.2, 0.25) is 5.91 Å². The molecule has 1 aliphatic heterocycles. The summed E-state index contributed by atoms with van der Waals surface area (Å²) in [5.41, 5.74) is 1.28. The monoisotopic (exact) mass is 492 g/mol. The quantitative estimate of drug-likeness (QED) is 0.419. The Balaban J connectivity index is 1.17. The zero-order chi connectivity index (χ0) is 24.5. The number of amides is 1. The number of piperazine rings is 1. The third kappa shape index (κ3) is 4.82. The van der Waals surface area contributed by atoms with Crippen LogP contribution in [0.25, 0.3) is 27.6 Å². The predicted octanol–water partition coefficient (Wildman–Crippen LogP) is 4.36. The van der Waals surface area contributed by atoms with Crippen molar-refractivity contribution < 1.29 is 13.6 Å². The smallest absolute Gasteiger partial charge is 0.259 e. The highest BCUT2D eigenvalue weighted by molar-refractivity contribution is 7.18. The lowest BCUT2D eigenvalue weighted by molar-refractivity contribution is -0.127. The zero-order valence-corrected chi connectivity index (χ0v) is 20.3. The summed E-state index contributed by atoms with van der Waals surface area (Å²) >= 11 is 1.54. The molecule has 1 fully saturated rings. The largest absolute Gasteiger partial charge is 0.457 e. The summed E-state index contributed by atoms with van der Waals surface area (Å²) in [4.78, 5) is 38.6. The first kappa shape index (κ1) is 23.2. The first-order valence-electron chi connectivity index (χ1n) is 11.4. The van der Waals surface area contributed by atoms with Gasteiger partial charge in [0.25, 0.3) is 5.56 Å². The summed E-state index contributed by atoms with van der Waals surface area (Å²) < 4.78 is 19.6. The van der Waals surface area contributed by atoms with Gasteiger partial charge in [0.1, 0.15) is 28.0 Å². The minimum Gasteiger partial charge on any atom is -0.457 e. The van der Waals surface area contributed by atoms with Crippen LogP contribution in [0.1, 0.15) is 22.0 Å². The van der Waals surface area contributed by atoms with Crippen LogP contribution in [0, 0.1) is 19.7 Å². The predicted molar refractivity (Wildman–Crippen MR) is 135 cm³/mol. The van der Waals surface area contributed by atoms with Crippen molar-refractivity contribution in [1.29, 1.82) is 0 Å².